The highest BCUT2D eigenvalue weighted by atomic mass is 79.9. The normalized spacial score (nSPS) is 17.9. The molecule has 1 atom stereocenters. The van der Waals surface area contributed by atoms with Gasteiger partial charge in [0.25, 0.3) is 0 Å². The molecule has 0 N–H and O–H groups in total. The molecule has 0 amide bonds. The fourth-order valence-corrected chi connectivity index (χ4v) is 6.51. The molecule has 0 saturated carbocycles. The van der Waals surface area contributed by atoms with Crippen molar-refractivity contribution >= 4 is 29.2 Å². The Hall–Kier alpha value is -2.42. The van der Waals surface area contributed by atoms with Crippen LogP contribution in [0.25, 0.3) is 11.1 Å². The summed E-state index contributed by atoms with van der Waals surface area (Å²) >= 11 is 3.83. The number of halogens is 1. The van der Waals surface area contributed by atoms with Crippen LogP contribution in [0.1, 0.15) is 16.7 Å². The summed E-state index contributed by atoms with van der Waals surface area (Å²) in [5.74, 6) is 0. The maximum Gasteiger partial charge on any atom is 0.0775 e. The Bertz CT molecular complexity index is 1160. The molecule has 0 saturated heterocycles. The topological polar surface area (TPSA) is 0 Å². The van der Waals surface area contributed by atoms with Gasteiger partial charge in [-0.05, 0) is 33.9 Å². The molecule has 3 aromatic carbocycles. The highest BCUT2D eigenvalue weighted by Crippen LogP contribution is 2.57. The van der Waals surface area contributed by atoms with Crippen molar-refractivity contribution in [2.75, 3.05) is 0 Å². The summed E-state index contributed by atoms with van der Waals surface area (Å²) in [6, 6.07) is 24.6. The van der Waals surface area contributed by atoms with Crippen molar-refractivity contribution in [1.82, 2.24) is 0 Å². The molecule has 0 nitrogen and oxygen atoms in total. The highest BCUT2D eigenvalue weighted by molar-refractivity contribution is 9.10. The molecule has 3 aromatic rings. The lowest BCUT2D eigenvalue weighted by molar-refractivity contribution is 0.767. The lowest BCUT2D eigenvalue weighted by Gasteiger charge is -2.35. The predicted octanol–water partition coefficient (Wildman–Crippen LogP) is 7.61. The third-order valence-electron chi connectivity index (χ3n) is 6.15. The average Bonchev–Trinajstić information content (AvgIpc) is 3.04. The smallest absolute Gasteiger partial charge is 0.0775 e. The number of fused-ring (bicyclic) bond motifs is 3. The number of hydrogen-bond donors (Lipinski definition) is 0. The zero-order valence-corrected chi connectivity index (χ0v) is 20.5. The van der Waals surface area contributed by atoms with Gasteiger partial charge in [-0.3, -0.25) is 0 Å². The van der Waals surface area contributed by atoms with Crippen LogP contribution in [0.3, 0.4) is 0 Å². The first kappa shape index (κ1) is 20.8. The third-order valence-corrected chi connectivity index (χ3v) is 8.88. The number of allylic oxidation sites excluding steroid dienone is 4. The second-order valence-corrected chi connectivity index (χ2v) is 14.8. The molecule has 0 aliphatic heterocycles. The van der Waals surface area contributed by atoms with Crippen molar-refractivity contribution in [3.63, 3.8) is 0 Å². The monoisotopic (exact) mass is 470 g/mol. The summed E-state index contributed by atoms with van der Waals surface area (Å²) in [5, 5.41) is 1.47. The van der Waals surface area contributed by atoms with E-state index >= 15 is 0 Å². The van der Waals surface area contributed by atoms with Crippen molar-refractivity contribution < 1.29 is 0 Å². The quantitative estimate of drug-likeness (QED) is 0.265. The van der Waals surface area contributed by atoms with Crippen LogP contribution in [-0.2, 0) is 5.41 Å². The molecular formula is C28H27BrSi. The van der Waals surface area contributed by atoms with Gasteiger partial charge in [-0.1, -0.05) is 133 Å². The molecule has 2 heteroatoms. The van der Waals surface area contributed by atoms with Crippen LogP contribution in [0.15, 0.2) is 108 Å². The Kier molecular flexibility index (Phi) is 5.33. The van der Waals surface area contributed by atoms with Gasteiger partial charge >= 0.3 is 0 Å². The standard InChI is InChI=1S/C28H27BrSi/c1-6-11-20(7-2)28(21-16-18-22(19-17-21)30(3,4)5)24-13-9-8-12-23(24)27-25(28)14-10-15-26(27)29/h6-19H,1-2H2,3-5H3. The van der Waals surface area contributed by atoms with Crippen molar-refractivity contribution in [2.45, 2.75) is 25.1 Å². The molecule has 1 unspecified atom stereocenters. The van der Waals surface area contributed by atoms with Crippen LogP contribution in [0.2, 0.25) is 19.6 Å². The van der Waals surface area contributed by atoms with Gasteiger partial charge in [-0.15, -0.1) is 0 Å². The maximum atomic E-state index is 4.20. The van der Waals surface area contributed by atoms with Crippen molar-refractivity contribution in [1.29, 1.82) is 0 Å². The zero-order valence-electron chi connectivity index (χ0n) is 17.9. The molecule has 4 rings (SSSR count). The van der Waals surface area contributed by atoms with Gasteiger partial charge in [0.05, 0.1) is 13.5 Å². The van der Waals surface area contributed by atoms with Gasteiger partial charge in [-0.25, -0.2) is 0 Å². The molecule has 0 aromatic heterocycles. The zero-order chi connectivity index (χ0) is 21.5. The molecule has 0 radical (unpaired) electrons. The lowest BCUT2D eigenvalue weighted by atomic mass is 9.67. The van der Waals surface area contributed by atoms with Crippen LogP contribution in [0.4, 0.5) is 0 Å². The lowest BCUT2D eigenvalue weighted by Crippen LogP contribution is -2.38. The van der Waals surface area contributed by atoms with E-state index in [-0.39, 0.29) is 0 Å². The van der Waals surface area contributed by atoms with Gasteiger partial charge in [0.1, 0.15) is 0 Å². The van der Waals surface area contributed by atoms with Gasteiger partial charge in [0.2, 0.25) is 0 Å². The fraction of sp³-hybridized carbons (Fsp3) is 0.143. The third kappa shape index (κ3) is 3.02. The Morgan fingerprint density at radius 3 is 2.17 bits per heavy atom. The number of hydrogen-bond acceptors (Lipinski definition) is 0. The first-order valence-electron chi connectivity index (χ1n) is 10.3. The molecule has 1 aliphatic rings. The molecule has 1 aliphatic carbocycles. The molecule has 0 spiro atoms. The van der Waals surface area contributed by atoms with E-state index in [9.17, 15) is 0 Å². The molecular weight excluding hydrogens is 444 g/mol. The second-order valence-electron chi connectivity index (χ2n) is 8.85. The second kappa shape index (κ2) is 7.68. The van der Waals surface area contributed by atoms with E-state index in [1.165, 1.54) is 33.0 Å². The minimum atomic E-state index is -1.38. The number of rotatable bonds is 5. The molecule has 150 valence electrons. The van der Waals surface area contributed by atoms with Crippen LogP contribution in [-0.4, -0.2) is 8.07 Å². The van der Waals surface area contributed by atoms with E-state index in [2.05, 4.69) is 122 Å². The van der Waals surface area contributed by atoms with Gasteiger partial charge < -0.3 is 0 Å². The summed E-state index contributed by atoms with van der Waals surface area (Å²) in [6.45, 7) is 15.4. The number of benzene rings is 3. The van der Waals surface area contributed by atoms with Crippen molar-refractivity contribution in [3.05, 3.63) is 125 Å². The summed E-state index contributed by atoms with van der Waals surface area (Å²) in [5.41, 5.74) is 7.10. The minimum Gasteiger partial charge on any atom is -0.0991 e. The summed E-state index contributed by atoms with van der Waals surface area (Å²) < 4.78 is 1.12. The van der Waals surface area contributed by atoms with E-state index in [1.54, 1.807) is 0 Å². The van der Waals surface area contributed by atoms with Crippen molar-refractivity contribution in [2.24, 2.45) is 0 Å². The highest BCUT2D eigenvalue weighted by Gasteiger charge is 2.47. The fourth-order valence-electron chi connectivity index (χ4n) is 4.77. The predicted molar refractivity (Wildman–Crippen MR) is 137 cm³/mol. The molecule has 0 bridgehead atoms. The van der Waals surface area contributed by atoms with Gasteiger partial charge in [-0.2, -0.15) is 0 Å². The van der Waals surface area contributed by atoms with Crippen LogP contribution < -0.4 is 5.19 Å². The SMILES string of the molecule is C=CC=C(C=C)C1(c2ccc([Si](C)(C)C)cc2)c2ccccc2-c2c(Br)cccc21. The first-order valence-corrected chi connectivity index (χ1v) is 14.6. The summed E-state index contributed by atoms with van der Waals surface area (Å²) in [4.78, 5) is 0. The summed E-state index contributed by atoms with van der Waals surface area (Å²) in [6.07, 6.45) is 5.96. The molecule has 30 heavy (non-hydrogen) atoms. The van der Waals surface area contributed by atoms with Crippen LogP contribution >= 0.6 is 15.9 Å². The van der Waals surface area contributed by atoms with E-state index < -0.39 is 13.5 Å². The largest absolute Gasteiger partial charge is 0.0991 e. The first-order chi connectivity index (χ1) is 14.4. The molecule has 0 fully saturated rings. The maximum absolute atomic E-state index is 4.20. The Morgan fingerprint density at radius 2 is 1.53 bits per heavy atom. The minimum absolute atomic E-state index is 0.413. The van der Waals surface area contributed by atoms with E-state index in [0.29, 0.717) is 0 Å². The van der Waals surface area contributed by atoms with Gasteiger partial charge in [0.15, 0.2) is 0 Å². The Morgan fingerprint density at radius 1 is 0.867 bits per heavy atom. The summed E-state index contributed by atoms with van der Waals surface area (Å²) in [7, 11) is -1.38. The average molecular weight is 472 g/mol. The van der Waals surface area contributed by atoms with E-state index in [0.717, 1.165) is 10.0 Å². The van der Waals surface area contributed by atoms with E-state index in [4.69, 9.17) is 0 Å². The van der Waals surface area contributed by atoms with Crippen LogP contribution in [0, 0.1) is 0 Å². The van der Waals surface area contributed by atoms with Crippen LogP contribution in [0.5, 0.6) is 0 Å². The Balaban J connectivity index is 2.14. The van der Waals surface area contributed by atoms with Gasteiger partial charge in [0, 0.05) is 10.0 Å². The van der Waals surface area contributed by atoms with Crippen molar-refractivity contribution in [3.8, 4) is 11.1 Å². The Labute approximate surface area is 189 Å². The molecule has 0 heterocycles. The van der Waals surface area contributed by atoms with E-state index in [1.807, 2.05) is 12.2 Å².